The molecule has 0 spiro atoms. The second kappa shape index (κ2) is 7.92. The SMILES string of the molecule is CC(C)CN1CCOC(CNC(=O)c2cc(-c3cccs3)on2)C1. The smallest absolute Gasteiger partial charge is 0.273 e. The van der Waals surface area contributed by atoms with Crippen molar-refractivity contribution < 1.29 is 14.1 Å². The molecule has 1 fully saturated rings. The second-order valence-corrected chi connectivity index (χ2v) is 7.36. The van der Waals surface area contributed by atoms with Crippen molar-refractivity contribution in [1.29, 1.82) is 0 Å². The predicted molar refractivity (Wildman–Crippen MR) is 93.2 cm³/mol. The van der Waals surface area contributed by atoms with Crippen LogP contribution in [-0.4, -0.2) is 54.9 Å². The van der Waals surface area contributed by atoms with Crippen LogP contribution in [-0.2, 0) is 4.74 Å². The van der Waals surface area contributed by atoms with Gasteiger partial charge in [0, 0.05) is 32.2 Å². The predicted octanol–water partition coefficient (Wildman–Crippen LogP) is 2.49. The van der Waals surface area contributed by atoms with E-state index in [1.54, 1.807) is 17.4 Å². The third-order valence-electron chi connectivity index (χ3n) is 3.84. The Morgan fingerprint density at radius 2 is 2.42 bits per heavy atom. The lowest BCUT2D eigenvalue weighted by atomic mass is 10.2. The summed E-state index contributed by atoms with van der Waals surface area (Å²) in [5.74, 6) is 1.02. The number of carbonyl (C=O) groups excluding carboxylic acids is 1. The Balaban J connectivity index is 1.50. The number of nitrogens with zero attached hydrogens (tertiary/aromatic N) is 2. The third kappa shape index (κ3) is 4.43. The molecule has 1 saturated heterocycles. The summed E-state index contributed by atoms with van der Waals surface area (Å²) in [6.07, 6.45) is 0.0186. The zero-order valence-electron chi connectivity index (χ0n) is 14.0. The van der Waals surface area contributed by atoms with Gasteiger partial charge in [0.1, 0.15) is 0 Å². The molecule has 0 aromatic carbocycles. The summed E-state index contributed by atoms with van der Waals surface area (Å²) in [6, 6.07) is 5.55. The van der Waals surface area contributed by atoms with E-state index >= 15 is 0 Å². The van der Waals surface area contributed by atoms with E-state index in [0.29, 0.717) is 30.5 Å². The fourth-order valence-corrected chi connectivity index (χ4v) is 3.47. The van der Waals surface area contributed by atoms with Gasteiger partial charge in [-0.25, -0.2) is 0 Å². The van der Waals surface area contributed by atoms with E-state index < -0.39 is 0 Å². The average Bonchev–Trinajstić information content (AvgIpc) is 3.23. The Labute approximate surface area is 145 Å². The molecule has 1 N–H and O–H groups in total. The van der Waals surface area contributed by atoms with Crippen molar-refractivity contribution in [2.75, 3.05) is 32.8 Å². The van der Waals surface area contributed by atoms with E-state index in [0.717, 1.165) is 24.5 Å². The van der Waals surface area contributed by atoms with Crippen molar-refractivity contribution in [2.24, 2.45) is 5.92 Å². The van der Waals surface area contributed by atoms with Gasteiger partial charge >= 0.3 is 0 Å². The fraction of sp³-hybridized carbons (Fsp3) is 0.529. The first-order chi connectivity index (χ1) is 11.6. The summed E-state index contributed by atoms with van der Waals surface area (Å²) in [7, 11) is 0. The van der Waals surface area contributed by atoms with Crippen LogP contribution in [0.3, 0.4) is 0 Å². The van der Waals surface area contributed by atoms with Crippen LogP contribution < -0.4 is 5.32 Å². The summed E-state index contributed by atoms with van der Waals surface area (Å²) in [5, 5.41) is 8.71. The monoisotopic (exact) mass is 349 g/mol. The molecule has 24 heavy (non-hydrogen) atoms. The molecule has 130 valence electrons. The molecule has 2 aromatic heterocycles. The molecule has 1 aliphatic heterocycles. The Bertz CT molecular complexity index is 654. The number of hydrogen-bond donors (Lipinski definition) is 1. The molecule has 1 aliphatic rings. The Morgan fingerprint density at radius 3 is 3.17 bits per heavy atom. The molecule has 1 atom stereocenters. The summed E-state index contributed by atoms with van der Waals surface area (Å²) >= 11 is 1.55. The van der Waals surface area contributed by atoms with Gasteiger partial charge in [-0.1, -0.05) is 25.1 Å². The third-order valence-corrected chi connectivity index (χ3v) is 4.73. The highest BCUT2D eigenvalue weighted by atomic mass is 32.1. The normalized spacial score (nSPS) is 18.9. The Hall–Kier alpha value is -1.70. The zero-order chi connectivity index (χ0) is 16.9. The molecule has 6 nitrogen and oxygen atoms in total. The fourth-order valence-electron chi connectivity index (χ4n) is 2.80. The van der Waals surface area contributed by atoms with Crippen molar-refractivity contribution in [3.8, 4) is 10.6 Å². The highest BCUT2D eigenvalue weighted by molar-refractivity contribution is 7.13. The highest BCUT2D eigenvalue weighted by Gasteiger charge is 2.22. The Morgan fingerprint density at radius 1 is 1.54 bits per heavy atom. The van der Waals surface area contributed by atoms with Gasteiger partial charge in [-0.3, -0.25) is 9.69 Å². The summed E-state index contributed by atoms with van der Waals surface area (Å²) in [5.41, 5.74) is 0.299. The first-order valence-electron chi connectivity index (χ1n) is 8.24. The largest absolute Gasteiger partial charge is 0.374 e. The number of rotatable bonds is 6. The van der Waals surface area contributed by atoms with Crippen LogP contribution in [0.5, 0.6) is 0 Å². The molecule has 0 saturated carbocycles. The van der Waals surface area contributed by atoms with E-state index in [1.165, 1.54) is 0 Å². The van der Waals surface area contributed by atoms with Crippen molar-refractivity contribution >= 4 is 17.2 Å². The minimum Gasteiger partial charge on any atom is -0.374 e. The van der Waals surface area contributed by atoms with Crippen LogP contribution in [0.2, 0.25) is 0 Å². The van der Waals surface area contributed by atoms with E-state index in [2.05, 4.69) is 29.2 Å². The van der Waals surface area contributed by atoms with Gasteiger partial charge in [-0.2, -0.15) is 0 Å². The first-order valence-corrected chi connectivity index (χ1v) is 9.12. The van der Waals surface area contributed by atoms with Crippen LogP contribution in [0.25, 0.3) is 10.6 Å². The van der Waals surface area contributed by atoms with Crippen molar-refractivity contribution in [3.63, 3.8) is 0 Å². The molecule has 0 bridgehead atoms. The van der Waals surface area contributed by atoms with E-state index in [1.807, 2.05) is 17.5 Å². The molecule has 2 aromatic rings. The van der Waals surface area contributed by atoms with Gasteiger partial charge in [-0.15, -0.1) is 11.3 Å². The quantitative estimate of drug-likeness (QED) is 0.868. The molecule has 1 unspecified atom stereocenters. The standard InChI is InChI=1S/C17H23N3O3S/c1-12(2)10-20-5-6-22-13(11-20)9-18-17(21)14-8-15(23-19-14)16-4-3-7-24-16/h3-4,7-8,12-13H,5-6,9-11H2,1-2H3,(H,18,21). The lowest BCUT2D eigenvalue weighted by molar-refractivity contribution is -0.0296. The lowest BCUT2D eigenvalue weighted by Gasteiger charge is -2.33. The number of morpholine rings is 1. The van der Waals surface area contributed by atoms with Gasteiger partial charge in [0.05, 0.1) is 17.6 Å². The summed E-state index contributed by atoms with van der Waals surface area (Å²) < 4.78 is 11.0. The number of thiophene rings is 1. The average molecular weight is 349 g/mol. The van der Waals surface area contributed by atoms with Gasteiger partial charge < -0.3 is 14.6 Å². The number of aromatic nitrogens is 1. The lowest BCUT2D eigenvalue weighted by Crippen LogP contribution is -2.48. The first kappa shape index (κ1) is 17.1. The summed E-state index contributed by atoms with van der Waals surface area (Å²) in [6.45, 7) is 8.47. The topological polar surface area (TPSA) is 67.6 Å². The molecular weight excluding hydrogens is 326 g/mol. The molecular formula is C17H23N3O3S. The number of amides is 1. The molecule has 3 rings (SSSR count). The van der Waals surface area contributed by atoms with E-state index in [9.17, 15) is 4.79 Å². The Kier molecular flexibility index (Phi) is 5.65. The number of ether oxygens (including phenoxy) is 1. The van der Waals surface area contributed by atoms with Gasteiger partial charge in [-0.05, 0) is 17.4 Å². The maximum Gasteiger partial charge on any atom is 0.273 e. The second-order valence-electron chi connectivity index (χ2n) is 6.41. The van der Waals surface area contributed by atoms with Crippen molar-refractivity contribution in [1.82, 2.24) is 15.4 Å². The minimum atomic E-state index is -0.230. The maximum atomic E-state index is 12.2. The van der Waals surface area contributed by atoms with Crippen LogP contribution in [0.4, 0.5) is 0 Å². The minimum absolute atomic E-state index is 0.0186. The van der Waals surface area contributed by atoms with Crippen LogP contribution >= 0.6 is 11.3 Å². The van der Waals surface area contributed by atoms with Gasteiger partial charge in [0.2, 0.25) is 0 Å². The van der Waals surface area contributed by atoms with E-state index in [-0.39, 0.29) is 12.0 Å². The molecule has 0 radical (unpaired) electrons. The molecule has 0 aliphatic carbocycles. The number of nitrogens with one attached hydrogen (secondary N) is 1. The van der Waals surface area contributed by atoms with Crippen LogP contribution in [0, 0.1) is 5.92 Å². The van der Waals surface area contributed by atoms with Crippen LogP contribution in [0.1, 0.15) is 24.3 Å². The van der Waals surface area contributed by atoms with E-state index in [4.69, 9.17) is 9.26 Å². The number of carbonyl (C=O) groups is 1. The highest BCUT2D eigenvalue weighted by Crippen LogP contribution is 2.25. The molecule has 3 heterocycles. The maximum absolute atomic E-state index is 12.2. The van der Waals surface area contributed by atoms with Gasteiger partial charge in [0.25, 0.3) is 5.91 Å². The van der Waals surface area contributed by atoms with Crippen LogP contribution in [0.15, 0.2) is 28.1 Å². The van der Waals surface area contributed by atoms with Gasteiger partial charge in [0.15, 0.2) is 11.5 Å². The molecule has 7 heteroatoms. The number of hydrogen-bond acceptors (Lipinski definition) is 6. The molecule has 1 amide bonds. The zero-order valence-corrected chi connectivity index (χ0v) is 14.8. The summed E-state index contributed by atoms with van der Waals surface area (Å²) in [4.78, 5) is 15.6. The van der Waals surface area contributed by atoms with Crippen molar-refractivity contribution in [3.05, 3.63) is 29.3 Å². The van der Waals surface area contributed by atoms with Crippen molar-refractivity contribution in [2.45, 2.75) is 20.0 Å².